The molecule has 9 nitrogen and oxygen atoms in total. The summed E-state index contributed by atoms with van der Waals surface area (Å²) >= 11 is 0. The highest BCUT2D eigenvalue weighted by molar-refractivity contribution is 5.95. The molecule has 19 heavy (non-hydrogen) atoms. The number of carbonyl (C=O) groups is 1. The van der Waals surface area contributed by atoms with Crippen LogP contribution in [0.15, 0.2) is 0 Å². The third-order valence-electron chi connectivity index (χ3n) is 3.79. The summed E-state index contributed by atoms with van der Waals surface area (Å²) in [6.45, 7) is -0.701. The van der Waals surface area contributed by atoms with Crippen molar-refractivity contribution in [3.8, 4) is 0 Å². The Morgan fingerprint density at radius 1 is 1.26 bits per heavy atom. The van der Waals surface area contributed by atoms with E-state index in [1.165, 1.54) is 9.58 Å². The molecule has 9 heteroatoms. The molecule has 104 valence electrons. The molecule has 1 amide bonds. The zero-order chi connectivity index (χ0) is 13.7. The topological polar surface area (TPSA) is 132 Å². The molecule has 0 aliphatic carbocycles. The van der Waals surface area contributed by atoms with Gasteiger partial charge in [0.05, 0.1) is 31.8 Å². The van der Waals surface area contributed by atoms with E-state index in [1.807, 2.05) is 0 Å². The van der Waals surface area contributed by atoms with Gasteiger partial charge in [-0.3, -0.25) is 4.79 Å². The largest absolute Gasteiger partial charge is 0.394 e. The van der Waals surface area contributed by atoms with E-state index in [2.05, 4.69) is 10.3 Å². The van der Waals surface area contributed by atoms with E-state index in [0.29, 0.717) is 0 Å². The third kappa shape index (κ3) is 1.53. The van der Waals surface area contributed by atoms with Gasteiger partial charge in [0.25, 0.3) is 5.91 Å². The zero-order valence-electron chi connectivity index (χ0n) is 9.92. The van der Waals surface area contributed by atoms with Crippen LogP contribution in [0.1, 0.15) is 16.2 Å². The summed E-state index contributed by atoms with van der Waals surface area (Å²) < 4.78 is 1.31. The number of hydrogen-bond acceptors (Lipinski definition) is 7. The summed E-state index contributed by atoms with van der Waals surface area (Å²) in [6.07, 6.45) is -2.34. The minimum Gasteiger partial charge on any atom is -0.394 e. The molecule has 0 aromatic carbocycles. The van der Waals surface area contributed by atoms with Crippen LogP contribution < -0.4 is 0 Å². The molecule has 3 heterocycles. The summed E-state index contributed by atoms with van der Waals surface area (Å²) in [7, 11) is 0. The first-order valence-electron chi connectivity index (χ1n) is 5.93. The van der Waals surface area contributed by atoms with Crippen LogP contribution >= 0.6 is 0 Å². The average molecular weight is 270 g/mol. The lowest BCUT2D eigenvalue weighted by Crippen LogP contribution is -2.51. The first-order chi connectivity index (χ1) is 9.10. The van der Waals surface area contributed by atoms with Gasteiger partial charge in [0.15, 0.2) is 5.69 Å². The first-order valence-corrected chi connectivity index (χ1v) is 5.93. The van der Waals surface area contributed by atoms with Gasteiger partial charge in [-0.15, -0.1) is 5.10 Å². The summed E-state index contributed by atoms with van der Waals surface area (Å²) in [4.78, 5) is 13.6. The van der Waals surface area contributed by atoms with E-state index < -0.39 is 43.4 Å². The second kappa shape index (κ2) is 4.23. The minimum atomic E-state index is -1.20. The van der Waals surface area contributed by atoms with Crippen LogP contribution in [0, 0.1) is 0 Å². The lowest BCUT2D eigenvalue weighted by atomic mass is 10.1. The molecule has 0 saturated carbocycles. The number of aromatic nitrogens is 3. The molecule has 0 bridgehead atoms. The number of fused-ring (bicyclic) bond motifs is 2. The van der Waals surface area contributed by atoms with Gasteiger partial charge in [0.2, 0.25) is 0 Å². The summed E-state index contributed by atoms with van der Waals surface area (Å²) in [5, 5.41) is 45.7. The van der Waals surface area contributed by atoms with Crippen LogP contribution in [0.3, 0.4) is 0 Å². The predicted molar refractivity (Wildman–Crippen MR) is 58.8 cm³/mol. The maximum atomic E-state index is 12.4. The summed E-state index contributed by atoms with van der Waals surface area (Å²) in [5.74, 6) is -0.500. The van der Waals surface area contributed by atoms with Crippen molar-refractivity contribution >= 4 is 5.91 Å². The van der Waals surface area contributed by atoms with Crippen LogP contribution in [0.5, 0.6) is 0 Å². The van der Waals surface area contributed by atoms with Crippen LogP contribution in [-0.4, -0.2) is 77.1 Å². The number of nitrogens with zero attached hydrogens (tertiary/aromatic N) is 4. The van der Waals surface area contributed by atoms with E-state index in [1.54, 1.807) is 0 Å². The average Bonchev–Trinajstić information content (AvgIpc) is 2.92. The van der Waals surface area contributed by atoms with Gasteiger partial charge >= 0.3 is 0 Å². The van der Waals surface area contributed by atoms with Crippen molar-refractivity contribution < 1.29 is 25.2 Å². The van der Waals surface area contributed by atoms with Crippen molar-refractivity contribution in [2.75, 3.05) is 6.61 Å². The van der Waals surface area contributed by atoms with E-state index in [-0.39, 0.29) is 17.9 Å². The van der Waals surface area contributed by atoms with Crippen LogP contribution in [-0.2, 0) is 13.2 Å². The van der Waals surface area contributed by atoms with Crippen molar-refractivity contribution in [1.82, 2.24) is 19.9 Å². The maximum absolute atomic E-state index is 12.4. The van der Waals surface area contributed by atoms with Crippen molar-refractivity contribution in [2.45, 2.75) is 37.4 Å². The predicted octanol–water partition coefficient (Wildman–Crippen LogP) is -3.31. The molecule has 1 aromatic rings. The number of aliphatic hydroxyl groups excluding tert-OH is 4. The molecule has 0 spiro atoms. The van der Waals surface area contributed by atoms with Gasteiger partial charge in [-0.2, -0.15) is 0 Å². The van der Waals surface area contributed by atoms with Gasteiger partial charge in [-0.1, -0.05) is 5.21 Å². The van der Waals surface area contributed by atoms with E-state index >= 15 is 0 Å². The normalized spacial score (nSPS) is 33.5. The number of amides is 1. The number of aliphatic hydroxyl groups is 4. The van der Waals surface area contributed by atoms with E-state index in [0.717, 1.165) is 0 Å². The zero-order valence-corrected chi connectivity index (χ0v) is 9.92. The van der Waals surface area contributed by atoms with Crippen LogP contribution in [0.2, 0.25) is 0 Å². The van der Waals surface area contributed by atoms with Crippen molar-refractivity contribution in [1.29, 1.82) is 0 Å². The molecule has 4 N–H and O–H groups in total. The molecular weight excluding hydrogens is 256 g/mol. The highest BCUT2D eigenvalue weighted by Crippen LogP contribution is 2.32. The van der Waals surface area contributed by atoms with Crippen molar-refractivity contribution in [2.24, 2.45) is 0 Å². The number of rotatable bonds is 2. The fraction of sp³-hybridized carbons (Fsp3) is 0.700. The smallest absolute Gasteiger partial charge is 0.275 e. The Morgan fingerprint density at radius 3 is 2.63 bits per heavy atom. The van der Waals surface area contributed by atoms with Gasteiger partial charge in [-0.05, 0) is 0 Å². The Labute approximate surface area is 107 Å². The van der Waals surface area contributed by atoms with Crippen LogP contribution in [0.4, 0.5) is 0 Å². The second-order valence-electron chi connectivity index (χ2n) is 4.74. The molecule has 3 rings (SSSR count). The molecular formula is C10H14N4O5. The second-order valence-corrected chi connectivity index (χ2v) is 4.74. The molecule has 1 fully saturated rings. The summed E-state index contributed by atoms with van der Waals surface area (Å²) in [5.41, 5.74) is 0.287. The lowest BCUT2D eigenvalue weighted by Gasteiger charge is -2.33. The molecule has 0 radical (unpaired) electrons. The van der Waals surface area contributed by atoms with Crippen molar-refractivity contribution in [3.63, 3.8) is 0 Å². The Balaban J connectivity index is 2.05. The molecule has 4 atom stereocenters. The fourth-order valence-corrected chi connectivity index (χ4v) is 2.84. The molecule has 1 saturated heterocycles. The maximum Gasteiger partial charge on any atom is 0.275 e. The molecule has 0 unspecified atom stereocenters. The van der Waals surface area contributed by atoms with E-state index in [9.17, 15) is 20.1 Å². The Hall–Kier alpha value is -1.55. The minimum absolute atomic E-state index is 0.137. The third-order valence-corrected chi connectivity index (χ3v) is 3.79. The van der Waals surface area contributed by atoms with Gasteiger partial charge < -0.3 is 25.3 Å². The molecule has 1 aromatic heterocycles. The fourth-order valence-electron chi connectivity index (χ4n) is 2.84. The number of hydrogen-bond donors (Lipinski definition) is 4. The Kier molecular flexibility index (Phi) is 2.78. The Morgan fingerprint density at radius 2 is 2.00 bits per heavy atom. The van der Waals surface area contributed by atoms with E-state index in [4.69, 9.17) is 5.11 Å². The monoisotopic (exact) mass is 270 g/mol. The first kappa shape index (κ1) is 12.5. The standard InChI is InChI=1S/C10H14N4O5/c15-2-4-7-10(19)14-5(1-13(7)12-11-4)8(17)9(18)6(14)3-16/h5-6,8-9,15-18H,1-3H2/t5-,6-,8+,9+/m0/s1. The summed E-state index contributed by atoms with van der Waals surface area (Å²) in [6, 6.07) is -1.51. The van der Waals surface area contributed by atoms with Gasteiger partial charge in [0, 0.05) is 0 Å². The van der Waals surface area contributed by atoms with Gasteiger partial charge in [-0.25, -0.2) is 4.68 Å². The molecule has 2 aliphatic heterocycles. The number of carbonyl (C=O) groups excluding carboxylic acids is 1. The lowest BCUT2D eigenvalue weighted by molar-refractivity contribution is 0.0173. The van der Waals surface area contributed by atoms with Gasteiger partial charge in [0.1, 0.15) is 17.9 Å². The SMILES string of the molecule is O=C1c2c(CO)nnn2C[C@H]2[C@@H](O)[C@H](O)[C@H](CO)N12. The van der Waals surface area contributed by atoms with Crippen molar-refractivity contribution in [3.05, 3.63) is 11.4 Å². The highest BCUT2D eigenvalue weighted by Gasteiger charge is 2.53. The molecule has 2 aliphatic rings. The highest BCUT2D eigenvalue weighted by atomic mass is 16.3. The Bertz CT molecular complexity index is 518. The quantitative estimate of drug-likeness (QED) is 0.442. The van der Waals surface area contributed by atoms with Crippen LogP contribution in [0.25, 0.3) is 0 Å².